The van der Waals surface area contributed by atoms with E-state index < -0.39 is 5.97 Å². The third-order valence-electron chi connectivity index (χ3n) is 1.58. The number of carboxylic acids is 1. The normalized spacial score (nSPS) is 10.0. The molecule has 0 aliphatic rings. The monoisotopic (exact) mass is 231 g/mol. The van der Waals surface area contributed by atoms with Crippen molar-refractivity contribution in [1.29, 1.82) is 0 Å². The number of rotatable bonds is 5. The van der Waals surface area contributed by atoms with Crippen molar-refractivity contribution < 1.29 is 19.4 Å². The molecule has 0 aromatic carbocycles. The molecule has 1 heterocycles. The fourth-order valence-electron chi connectivity index (χ4n) is 0.912. The minimum Gasteiger partial charge on any atom is -0.477 e. The van der Waals surface area contributed by atoms with E-state index in [0.29, 0.717) is 6.61 Å². The molecule has 15 heavy (non-hydrogen) atoms. The lowest BCUT2D eigenvalue weighted by molar-refractivity contribution is 0.0688. The number of carbonyl (C=O) groups is 1. The van der Waals surface area contributed by atoms with Gasteiger partial charge in [0, 0.05) is 7.11 Å². The van der Waals surface area contributed by atoms with Gasteiger partial charge in [-0.1, -0.05) is 11.6 Å². The molecule has 1 aromatic heterocycles. The molecule has 1 N–H and O–H groups in total. The molecule has 5 nitrogen and oxygen atoms in total. The second-order valence-corrected chi connectivity index (χ2v) is 3.02. The fourth-order valence-corrected chi connectivity index (χ4v) is 1.05. The van der Waals surface area contributed by atoms with Gasteiger partial charge >= 0.3 is 5.97 Å². The van der Waals surface area contributed by atoms with Gasteiger partial charge in [-0.15, -0.1) is 0 Å². The van der Waals surface area contributed by atoms with Gasteiger partial charge in [0.15, 0.2) is 0 Å². The van der Waals surface area contributed by atoms with Gasteiger partial charge in [-0.3, -0.25) is 0 Å². The minimum atomic E-state index is -1.11. The van der Waals surface area contributed by atoms with Crippen LogP contribution in [0.5, 0.6) is 5.88 Å². The van der Waals surface area contributed by atoms with Crippen molar-refractivity contribution in [2.24, 2.45) is 0 Å². The number of aromatic nitrogens is 1. The molecular formula is C9H10ClNO4. The van der Waals surface area contributed by atoms with Crippen LogP contribution >= 0.6 is 11.6 Å². The molecular weight excluding hydrogens is 222 g/mol. The van der Waals surface area contributed by atoms with Crippen LogP contribution in [0.4, 0.5) is 0 Å². The van der Waals surface area contributed by atoms with E-state index in [-0.39, 0.29) is 23.2 Å². The first-order chi connectivity index (χ1) is 7.15. The van der Waals surface area contributed by atoms with Crippen molar-refractivity contribution in [3.05, 3.63) is 22.8 Å². The molecule has 82 valence electrons. The highest BCUT2D eigenvalue weighted by Gasteiger charge is 2.13. The van der Waals surface area contributed by atoms with Crippen LogP contribution in [-0.2, 0) is 4.74 Å². The van der Waals surface area contributed by atoms with Gasteiger partial charge in [0.25, 0.3) is 0 Å². The van der Waals surface area contributed by atoms with Crippen molar-refractivity contribution in [3.63, 3.8) is 0 Å². The Morgan fingerprint density at radius 2 is 2.27 bits per heavy atom. The third kappa shape index (κ3) is 3.38. The third-order valence-corrected chi connectivity index (χ3v) is 1.79. The molecule has 0 amide bonds. The van der Waals surface area contributed by atoms with Gasteiger partial charge in [-0.2, -0.15) is 0 Å². The molecule has 0 aliphatic heterocycles. The zero-order valence-corrected chi connectivity index (χ0v) is 8.82. The van der Waals surface area contributed by atoms with E-state index in [9.17, 15) is 4.79 Å². The molecule has 0 radical (unpaired) electrons. The Labute approximate surface area is 91.6 Å². The van der Waals surface area contributed by atoms with Crippen LogP contribution in [0.25, 0.3) is 0 Å². The summed E-state index contributed by atoms with van der Waals surface area (Å²) in [5.41, 5.74) is -0.0181. The number of nitrogens with zero attached hydrogens (tertiary/aromatic N) is 1. The zero-order valence-electron chi connectivity index (χ0n) is 8.07. The van der Waals surface area contributed by atoms with Crippen LogP contribution < -0.4 is 4.74 Å². The highest BCUT2D eigenvalue weighted by molar-refractivity contribution is 6.29. The standard InChI is InChI=1S/C9H10ClNO4/c1-14-4-5-15-8-6(9(12)13)2-3-7(10)11-8/h2-3H,4-5H2,1H3,(H,12,13). The number of hydrogen-bond donors (Lipinski definition) is 1. The van der Waals surface area contributed by atoms with Gasteiger partial charge in [0.05, 0.1) is 6.61 Å². The highest BCUT2D eigenvalue weighted by atomic mass is 35.5. The summed E-state index contributed by atoms with van der Waals surface area (Å²) in [5, 5.41) is 9.01. The van der Waals surface area contributed by atoms with Crippen molar-refractivity contribution in [3.8, 4) is 5.88 Å². The molecule has 0 fully saturated rings. The smallest absolute Gasteiger partial charge is 0.341 e. The largest absolute Gasteiger partial charge is 0.477 e. The number of pyridine rings is 1. The predicted octanol–water partition coefficient (Wildman–Crippen LogP) is 1.46. The molecule has 0 unspecified atom stereocenters. The lowest BCUT2D eigenvalue weighted by atomic mass is 10.3. The fraction of sp³-hybridized carbons (Fsp3) is 0.333. The van der Waals surface area contributed by atoms with E-state index in [1.807, 2.05) is 0 Å². The number of halogens is 1. The molecule has 0 spiro atoms. The van der Waals surface area contributed by atoms with E-state index in [2.05, 4.69) is 4.98 Å². The molecule has 0 bridgehead atoms. The molecule has 1 rings (SSSR count). The summed E-state index contributed by atoms with van der Waals surface area (Å²) < 4.78 is 9.88. The average Bonchev–Trinajstić information content (AvgIpc) is 2.18. The van der Waals surface area contributed by atoms with Gasteiger partial charge in [-0.25, -0.2) is 9.78 Å². The average molecular weight is 232 g/mol. The zero-order chi connectivity index (χ0) is 11.3. The Balaban J connectivity index is 2.82. The first kappa shape index (κ1) is 11.7. The maximum atomic E-state index is 10.8. The summed E-state index contributed by atoms with van der Waals surface area (Å²) in [4.78, 5) is 14.5. The van der Waals surface area contributed by atoms with Crippen molar-refractivity contribution >= 4 is 17.6 Å². The SMILES string of the molecule is COCCOc1nc(Cl)ccc1C(=O)O. The van der Waals surface area contributed by atoms with Crippen LogP contribution in [-0.4, -0.2) is 36.4 Å². The number of carboxylic acid groups (broad SMARTS) is 1. The molecule has 0 aliphatic carbocycles. The van der Waals surface area contributed by atoms with E-state index in [1.165, 1.54) is 19.2 Å². The maximum absolute atomic E-state index is 10.8. The minimum absolute atomic E-state index is 0.00653. The molecule has 0 saturated heterocycles. The van der Waals surface area contributed by atoms with E-state index >= 15 is 0 Å². The summed E-state index contributed by atoms with van der Waals surface area (Å²) in [6.45, 7) is 0.581. The summed E-state index contributed by atoms with van der Waals surface area (Å²) in [6, 6.07) is 2.74. The number of ether oxygens (including phenoxy) is 2. The van der Waals surface area contributed by atoms with Crippen LogP contribution in [0.1, 0.15) is 10.4 Å². The van der Waals surface area contributed by atoms with Crippen LogP contribution in [0, 0.1) is 0 Å². The number of aromatic carboxylic acids is 1. The predicted molar refractivity (Wildman–Crippen MR) is 53.6 cm³/mol. The number of hydrogen-bond acceptors (Lipinski definition) is 4. The van der Waals surface area contributed by atoms with Crippen LogP contribution in [0.2, 0.25) is 5.15 Å². The maximum Gasteiger partial charge on any atom is 0.341 e. The first-order valence-corrected chi connectivity index (χ1v) is 4.54. The lowest BCUT2D eigenvalue weighted by Crippen LogP contribution is -2.09. The van der Waals surface area contributed by atoms with Gasteiger partial charge in [0.2, 0.25) is 5.88 Å². The Hall–Kier alpha value is -1.33. The Kier molecular flexibility index (Phi) is 4.33. The Morgan fingerprint density at radius 3 is 2.87 bits per heavy atom. The first-order valence-electron chi connectivity index (χ1n) is 4.16. The van der Waals surface area contributed by atoms with E-state index in [1.54, 1.807) is 0 Å². The van der Waals surface area contributed by atoms with Crippen molar-refractivity contribution in [2.45, 2.75) is 0 Å². The van der Waals surface area contributed by atoms with E-state index in [4.69, 9.17) is 26.2 Å². The quantitative estimate of drug-likeness (QED) is 0.614. The lowest BCUT2D eigenvalue weighted by Gasteiger charge is -2.07. The molecule has 0 saturated carbocycles. The second-order valence-electron chi connectivity index (χ2n) is 2.63. The van der Waals surface area contributed by atoms with Crippen LogP contribution in [0.3, 0.4) is 0 Å². The number of methoxy groups -OCH3 is 1. The topological polar surface area (TPSA) is 68.7 Å². The molecule has 1 aromatic rings. The Morgan fingerprint density at radius 1 is 1.53 bits per heavy atom. The van der Waals surface area contributed by atoms with E-state index in [0.717, 1.165) is 0 Å². The van der Waals surface area contributed by atoms with Crippen LogP contribution in [0.15, 0.2) is 12.1 Å². The van der Waals surface area contributed by atoms with Crippen molar-refractivity contribution in [2.75, 3.05) is 20.3 Å². The van der Waals surface area contributed by atoms with Gasteiger partial charge in [0.1, 0.15) is 17.3 Å². The Bertz CT molecular complexity index is 356. The van der Waals surface area contributed by atoms with Gasteiger partial charge in [-0.05, 0) is 12.1 Å². The summed E-state index contributed by atoms with van der Waals surface area (Å²) >= 11 is 5.62. The summed E-state index contributed by atoms with van der Waals surface area (Å²) in [5.74, 6) is -1.10. The molecule has 6 heteroatoms. The highest BCUT2D eigenvalue weighted by Crippen LogP contribution is 2.18. The summed E-state index contributed by atoms with van der Waals surface area (Å²) in [6.07, 6.45) is 0. The van der Waals surface area contributed by atoms with Crippen molar-refractivity contribution in [1.82, 2.24) is 4.98 Å². The summed E-state index contributed by atoms with van der Waals surface area (Å²) in [7, 11) is 1.52. The second kappa shape index (κ2) is 5.53. The molecule has 0 atom stereocenters. The van der Waals surface area contributed by atoms with Gasteiger partial charge < -0.3 is 14.6 Å².